The molecule has 0 aliphatic carbocycles. The van der Waals surface area contributed by atoms with Gasteiger partial charge in [-0.1, -0.05) is 18.2 Å². The highest BCUT2D eigenvalue weighted by Crippen LogP contribution is 2.12. The molecule has 1 aromatic carbocycles. The number of rotatable bonds is 0. The summed E-state index contributed by atoms with van der Waals surface area (Å²) in [6, 6.07) is 8.88. The largest absolute Gasteiger partial charge is 0.426 e. The Morgan fingerprint density at radius 2 is 2.00 bits per heavy atom. The number of nitrogens with zero attached hydrogens (tertiary/aromatic N) is 1. The minimum absolute atomic E-state index is 0.0845. The van der Waals surface area contributed by atoms with Crippen LogP contribution in [0.2, 0.25) is 0 Å². The Hall–Kier alpha value is -1.97. The zero-order valence-corrected chi connectivity index (χ0v) is 6.86. The molecular formula is C9H9N3O. The van der Waals surface area contributed by atoms with Crippen LogP contribution in [0.4, 0.5) is 5.69 Å². The van der Waals surface area contributed by atoms with Crippen LogP contribution in [0.3, 0.4) is 0 Å². The Balaban J connectivity index is 3.02. The standard InChI is InChI=1S/C9H9N3O/c10-7-5-6-3-1-2-4-8(6)12(13)9(7)11/h1-5,11,13H,10H2. The number of hydrogen-bond donors (Lipinski definition) is 3. The number of nitrogens with one attached hydrogen (secondary N) is 1. The molecule has 0 saturated heterocycles. The van der Waals surface area contributed by atoms with Crippen molar-refractivity contribution in [2.45, 2.75) is 0 Å². The van der Waals surface area contributed by atoms with Crippen LogP contribution in [0, 0.1) is 5.41 Å². The number of para-hydroxylation sites is 1. The molecule has 0 bridgehead atoms. The van der Waals surface area contributed by atoms with Crippen molar-refractivity contribution in [2.75, 3.05) is 5.73 Å². The molecule has 1 aromatic heterocycles. The lowest BCUT2D eigenvalue weighted by Gasteiger charge is -2.05. The SMILES string of the molecule is N=c1c(N)cc2ccccc2n1O. The Kier molecular flexibility index (Phi) is 1.48. The van der Waals surface area contributed by atoms with E-state index in [1.165, 1.54) is 0 Å². The quantitative estimate of drug-likeness (QED) is 0.521. The van der Waals surface area contributed by atoms with E-state index in [-0.39, 0.29) is 11.2 Å². The maximum absolute atomic E-state index is 9.49. The molecule has 4 N–H and O–H groups in total. The summed E-state index contributed by atoms with van der Waals surface area (Å²) in [5, 5.41) is 17.7. The van der Waals surface area contributed by atoms with Crippen molar-refractivity contribution in [3.8, 4) is 0 Å². The molecule has 13 heavy (non-hydrogen) atoms. The second-order valence-corrected chi connectivity index (χ2v) is 2.82. The fourth-order valence-electron chi connectivity index (χ4n) is 1.28. The highest BCUT2D eigenvalue weighted by atomic mass is 16.5. The van der Waals surface area contributed by atoms with Crippen molar-refractivity contribution in [3.05, 3.63) is 35.8 Å². The van der Waals surface area contributed by atoms with E-state index in [9.17, 15) is 5.21 Å². The van der Waals surface area contributed by atoms with Crippen LogP contribution in [0.25, 0.3) is 10.9 Å². The van der Waals surface area contributed by atoms with Crippen molar-refractivity contribution in [2.24, 2.45) is 0 Å². The molecule has 0 amide bonds. The van der Waals surface area contributed by atoms with Gasteiger partial charge in [0.05, 0.1) is 11.2 Å². The number of anilines is 1. The van der Waals surface area contributed by atoms with Gasteiger partial charge in [-0.3, -0.25) is 5.41 Å². The Bertz CT molecular complexity index is 516. The summed E-state index contributed by atoms with van der Waals surface area (Å²) in [6.07, 6.45) is 0. The number of pyridine rings is 1. The normalized spacial score (nSPS) is 10.5. The molecule has 2 aromatic rings. The average molecular weight is 175 g/mol. The Labute approximate surface area is 74.3 Å². The molecule has 0 spiro atoms. The van der Waals surface area contributed by atoms with Crippen molar-refractivity contribution >= 4 is 16.6 Å². The molecule has 1 heterocycles. The number of hydrogen-bond acceptors (Lipinski definition) is 3. The second kappa shape index (κ2) is 2.52. The fraction of sp³-hybridized carbons (Fsp3) is 0. The highest BCUT2D eigenvalue weighted by molar-refractivity contribution is 5.81. The molecule has 2 rings (SSSR count). The van der Waals surface area contributed by atoms with Gasteiger partial charge in [-0.05, 0) is 12.1 Å². The molecule has 0 radical (unpaired) electrons. The van der Waals surface area contributed by atoms with Gasteiger partial charge in [-0.15, -0.1) is 0 Å². The second-order valence-electron chi connectivity index (χ2n) is 2.82. The molecule has 4 heteroatoms. The van der Waals surface area contributed by atoms with Crippen molar-refractivity contribution in [3.63, 3.8) is 0 Å². The number of nitrogens with two attached hydrogens (primary N) is 1. The summed E-state index contributed by atoms with van der Waals surface area (Å²) in [6.45, 7) is 0. The lowest BCUT2D eigenvalue weighted by Crippen LogP contribution is -2.21. The van der Waals surface area contributed by atoms with E-state index in [1.54, 1.807) is 18.2 Å². The van der Waals surface area contributed by atoms with Gasteiger partial charge < -0.3 is 10.9 Å². The Morgan fingerprint density at radius 1 is 1.31 bits per heavy atom. The molecule has 0 unspecified atom stereocenters. The summed E-state index contributed by atoms with van der Waals surface area (Å²) >= 11 is 0. The minimum atomic E-state index is -0.0845. The minimum Gasteiger partial charge on any atom is -0.426 e. The van der Waals surface area contributed by atoms with Gasteiger partial charge in [0.2, 0.25) is 0 Å². The number of benzene rings is 1. The van der Waals surface area contributed by atoms with Crippen LogP contribution in [0.1, 0.15) is 0 Å². The smallest absolute Gasteiger partial charge is 0.184 e. The molecule has 4 nitrogen and oxygen atoms in total. The molecule has 0 atom stereocenters. The van der Waals surface area contributed by atoms with Gasteiger partial charge in [0.1, 0.15) is 0 Å². The zero-order chi connectivity index (χ0) is 9.42. The van der Waals surface area contributed by atoms with Crippen LogP contribution >= 0.6 is 0 Å². The lowest BCUT2D eigenvalue weighted by molar-refractivity contribution is 0.185. The summed E-state index contributed by atoms with van der Waals surface area (Å²) in [7, 11) is 0. The van der Waals surface area contributed by atoms with Crippen LogP contribution in [-0.4, -0.2) is 9.94 Å². The average Bonchev–Trinajstić information content (AvgIpc) is 2.15. The van der Waals surface area contributed by atoms with E-state index >= 15 is 0 Å². The number of fused-ring (bicyclic) bond motifs is 1. The fourth-order valence-corrected chi connectivity index (χ4v) is 1.28. The molecule has 0 fully saturated rings. The van der Waals surface area contributed by atoms with E-state index < -0.39 is 0 Å². The summed E-state index contributed by atoms with van der Waals surface area (Å²) < 4.78 is 0.782. The van der Waals surface area contributed by atoms with Crippen molar-refractivity contribution in [1.82, 2.24) is 4.73 Å². The maximum atomic E-state index is 9.49. The predicted octanol–water partition coefficient (Wildman–Crippen LogP) is 0.940. The van der Waals surface area contributed by atoms with E-state index in [0.29, 0.717) is 5.52 Å². The number of nitrogen functional groups attached to an aromatic ring is 1. The van der Waals surface area contributed by atoms with Crippen molar-refractivity contribution < 1.29 is 5.21 Å². The summed E-state index contributed by atoms with van der Waals surface area (Å²) in [5.74, 6) is 0. The third-order valence-corrected chi connectivity index (χ3v) is 1.96. The first-order chi connectivity index (χ1) is 6.20. The molecular weight excluding hydrogens is 166 g/mol. The first-order valence-electron chi connectivity index (χ1n) is 3.84. The van der Waals surface area contributed by atoms with Gasteiger partial charge in [0.15, 0.2) is 5.49 Å². The van der Waals surface area contributed by atoms with Gasteiger partial charge in [-0.2, -0.15) is 4.73 Å². The van der Waals surface area contributed by atoms with E-state index in [4.69, 9.17) is 11.1 Å². The third kappa shape index (κ3) is 1.03. The zero-order valence-electron chi connectivity index (χ0n) is 6.86. The van der Waals surface area contributed by atoms with E-state index in [2.05, 4.69) is 0 Å². The van der Waals surface area contributed by atoms with Crippen LogP contribution in [0.15, 0.2) is 30.3 Å². The Morgan fingerprint density at radius 3 is 2.77 bits per heavy atom. The molecule has 0 saturated carbocycles. The summed E-state index contributed by atoms with van der Waals surface area (Å²) in [5.41, 5.74) is 6.28. The lowest BCUT2D eigenvalue weighted by atomic mass is 10.2. The predicted molar refractivity (Wildman–Crippen MR) is 49.4 cm³/mol. The first kappa shape index (κ1) is 7.67. The van der Waals surface area contributed by atoms with Crippen LogP contribution in [-0.2, 0) is 0 Å². The monoisotopic (exact) mass is 175 g/mol. The molecule has 0 aliphatic rings. The van der Waals surface area contributed by atoms with Gasteiger partial charge in [0, 0.05) is 5.39 Å². The molecule has 0 aliphatic heterocycles. The van der Waals surface area contributed by atoms with Gasteiger partial charge in [-0.25, -0.2) is 0 Å². The van der Waals surface area contributed by atoms with Crippen LogP contribution < -0.4 is 11.2 Å². The number of aromatic nitrogens is 1. The van der Waals surface area contributed by atoms with Crippen LogP contribution in [0.5, 0.6) is 0 Å². The maximum Gasteiger partial charge on any atom is 0.184 e. The van der Waals surface area contributed by atoms with Crippen molar-refractivity contribution in [1.29, 1.82) is 5.41 Å². The van der Waals surface area contributed by atoms with E-state index in [0.717, 1.165) is 10.1 Å². The molecule has 66 valence electrons. The van der Waals surface area contributed by atoms with Gasteiger partial charge >= 0.3 is 0 Å². The third-order valence-electron chi connectivity index (χ3n) is 1.96. The first-order valence-corrected chi connectivity index (χ1v) is 3.84. The summed E-state index contributed by atoms with van der Waals surface area (Å²) in [4.78, 5) is 0. The topological polar surface area (TPSA) is 75.0 Å². The van der Waals surface area contributed by atoms with E-state index in [1.807, 2.05) is 12.1 Å². The highest BCUT2D eigenvalue weighted by Gasteiger charge is 2.01. The van der Waals surface area contributed by atoms with Gasteiger partial charge in [0.25, 0.3) is 0 Å².